The molecule has 1 N–H and O–H groups in total. The number of nitrogens with one attached hydrogen (secondary N) is 1. The van der Waals surface area contributed by atoms with E-state index in [1.54, 1.807) is 0 Å². The molecule has 4 heteroatoms. The number of carbonyl (C=O) groups excluding carboxylic acids is 2. The van der Waals surface area contributed by atoms with Crippen LogP contribution in [0.2, 0.25) is 0 Å². The van der Waals surface area contributed by atoms with Crippen LogP contribution in [-0.2, 0) is 4.79 Å². The number of hydrogen-bond acceptors (Lipinski definition) is 2. The lowest BCUT2D eigenvalue weighted by molar-refractivity contribution is -0.121. The lowest BCUT2D eigenvalue weighted by Gasteiger charge is -2.31. The minimum Gasteiger partial charge on any atom is -0.339 e. The Hall–Kier alpha value is -2.62. The summed E-state index contributed by atoms with van der Waals surface area (Å²) in [5.41, 5.74) is 3.76. The molecule has 4 nitrogen and oxygen atoms in total. The molecule has 0 atom stereocenters. The molecule has 130 valence electrons. The predicted molar refractivity (Wildman–Crippen MR) is 99.6 cm³/mol. The molecule has 0 aliphatic carbocycles. The van der Waals surface area contributed by atoms with Crippen LogP contribution in [0.4, 0.5) is 5.69 Å². The second-order valence-corrected chi connectivity index (χ2v) is 6.79. The summed E-state index contributed by atoms with van der Waals surface area (Å²) in [4.78, 5) is 26.9. The van der Waals surface area contributed by atoms with Crippen LogP contribution in [0.3, 0.4) is 0 Å². The minimum absolute atomic E-state index is 0.0397. The van der Waals surface area contributed by atoms with Gasteiger partial charge in [-0.15, -0.1) is 0 Å². The summed E-state index contributed by atoms with van der Waals surface area (Å²) < 4.78 is 0. The van der Waals surface area contributed by atoms with E-state index in [4.69, 9.17) is 0 Å². The van der Waals surface area contributed by atoms with Gasteiger partial charge in [-0.25, -0.2) is 0 Å². The van der Waals surface area contributed by atoms with Crippen LogP contribution in [0, 0.1) is 19.8 Å². The van der Waals surface area contributed by atoms with Gasteiger partial charge in [0.05, 0.1) is 0 Å². The van der Waals surface area contributed by atoms with Gasteiger partial charge in [0.2, 0.25) is 5.91 Å². The molecule has 0 radical (unpaired) electrons. The van der Waals surface area contributed by atoms with E-state index in [1.165, 1.54) is 0 Å². The minimum atomic E-state index is -0.0397. The number of likely N-dealkylation sites (tertiary alicyclic amines) is 1. The molecule has 1 fully saturated rings. The standard InChI is InChI=1S/C21H24N2O2/c1-15-5-3-7-18(13-15)21(25)23-11-9-17(10-12-23)20(24)22-19-8-4-6-16(2)14-19/h3-8,13-14,17H,9-12H2,1-2H3,(H,22,24). The largest absolute Gasteiger partial charge is 0.339 e. The Morgan fingerprint density at radius 2 is 1.60 bits per heavy atom. The molecule has 1 saturated heterocycles. The zero-order valence-corrected chi connectivity index (χ0v) is 14.8. The molecule has 2 aromatic carbocycles. The molecule has 0 spiro atoms. The molecule has 3 rings (SSSR count). The van der Waals surface area contributed by atoms with Crippen molar-refractivity contribution in [3.05, 3.63) is 65.2 Å². The summed E-state index contributed by atoms with van der Waals surface area (Å²) in [6, 6.07) is 15.5. The van der Waals surface area contributed by atoms with Gasteiger partial charge in [0.15, 0.2) is 0 Å². The molecule has 1 aliphatic heterocycles. The Bertz CT molecular complexity index is 777. The van der Waals surface area contributed by atoms with Crippen molar-refractivity contribution >= 4 is 17.5 Å². The van der Waals surface area contributed by atoms with Crippen molar-refractivity contribution < 1.29 is 9.59 Å². The normalized spacial score (nSPS) is 15.0. The Labute approximate surface area is 148 Å². The molecule has 2 amide bonds. The van der Waals surface area contributed by atoms with E-state index < -0.39 is 0 Å². The van der Waals surface area contributed by atoms with Crippen molar-refractivity contribution in [3.63, 3.8) is 0 Å². The number of aryl methyl sites for hydroxylation is 2. The molecule has 25 heavy (non-hydrogen) atoms. The summed E-state index contributed by atoms with van der Waals surface area (Å²) in [6.45, 7) is 5.24. The van der Waals surface area contributed by atoms with E-state index >= 15 is 0 Å². The fourth-order valence-electron chi connectivity index (χ4n) is 3.27. The van der Waals surface area contributed by atoms with Crippen LogP contribution in [0.1, 0.15) is 34.3 Å². The Morgan fingerprint density at radius 1 is 0.960 bits per heavy atom. The number of carbonyl (C=O) groups is 2. The Balaban J connectivity index is 1.56. The van der Waals surface area contributed by atoms with Gasteiger partial charge in [-0.1, -0.05) is 29.8 Å². The van der Waals surface area contributed by atoms with Gasteiger partial charge in [0.1, 0.15) is 0 Å². The summed E-state index contributed by atoms with van der Waals surface area (Å²) >= 11 is 0. The van der Waals surface area contributed by atoms with Gasteiger partial charge in [-0.2, -0.15) is 0 Å². The van der Waals surface area contributed by atoms with Crippen LogP contribution in [0.25, 0.3) is 0 Å². The van der Waals surface area contributed by atoms with Gasteiger partial charge in [0.25, 0.3) is 5.91 Å². The highest BCUT2D eigenvalue weighted by Crippen LogP contribution is 2.21. The highest BCUT2D eigenvalue weighted by Gasteiger charge is 2.27. The average Bonchev–Trinajstić information content (AvgIpc) is 2.61. The fourth-order valence-corrected chi connectivity index (χ4v) is 3.27. The van der Waals surface area contributed by atoms with E-state index in [2.05, 4.69) is 5.32 Å². The molecular weight excluding hydrogens is 312 g/mol. The number of benzene rings is 2. The highest BCUT2D eigenvalue weighted by atomic mass is 16.2. The van der Waals surface area contributed by atoms with Crippen molar-refractivity contribution in [2.24, 2.45) is 5.92 Å². The van der Waals surface area contributed by atoms with E-state index in [9.17, 15) is 9.59 Å². The number of hydrogen-bond donors (Lipinski definition) is 1. The van der Waals surface area contributed by atoms with Gasteiger partial charge in [-0.3, -0.25) is 9.59 Å². The third-order valence-corrected chi connectivity index (χ3v) is 4.70. The maximum Gasteiger partial charge on any atom is 0.253 e. The van der Waals surface area contributed by atoms with Crippen molar-refractivity contribution in [1.29, 1.82) is 0 Å². The monoisotopic (exact) mass is 336 g/mol. The van der Waals surface area contributed by atoms with E-state index in [0.717, 1.165) is 22.4 Å². The number of rotatable bonds is 3. The first-order valence-corrected chi connectivity index (χ1v) is 8.76. The predicted octanol–water partition coefficient (Wildman–Crippen LogP) is 3.79. The number of nitrogens with zero attached hydrogens (tertiary/aromatic N) is 1. The first-order valence-electron chi connectivity index (χ1n) is 8.76. The van der Waals surface area contributed by atoms with Gasteiger partial charge in [0, 0.05) is 30.3 Å². The van der Waals surface area contributed by atoms with Crippen LogP contribution in [-0.4, -0.2) is 29.8 Å². The van der Waals surface area contributed by atoms with Crippen molar-refractivity contribution in [3.8, 4) is 0 Å². The van der Waals surface area contributed by atoms with Crippen molar-refractivity contribution in [2.75, 3.05) is 18.4 Å². The van der Waals surface area contributed by atoms with Gasteiger partial charge < -0.3 is 10.2 Å². The van der Waals surface area contributed by atoms with E-state index in [-0.39, 0.29) is 17.7 Å². The summed E-state index contributed by atoms with van der Waals surface area (Å²) in [7, 11) is 0. The second-order valence-electron chi connectivity index (χ2n) is 6.79. The highest BCUT2D eigenvalue weighted by molar-refractivity contribution is 5.95. The maximum atomic E-state index is 12.6. The molecule has 1 aliphatic rings. The van der Waals surface area contributed by atoms with E-state index in [0.29, 0.717) is 25.9 Å². The SMILES string of the molecule is Cc1cccc(NC(=O)C2CCN(C(=O)c3cccc(C)c3)CC2)c1. The fraction of sp³-hybridized carbons (Fsp3) is 0.333. The van der Waals surface area contributed by atoms with E-state index in [1.807, 2.05) is 67.3 Å². The smallest absolute Gasteiger partial charge is 0.253 e. The molecule has 2 aromatic rings. The number of amides is 2. The Morgan fingerprint density at radius 3 is 2.24 bits per heavy atom. The number of piperidine rings is 1. The van der Waals surface area contributed by atoms with Crippen LogP contribution in [0.15, 0.2) is 48.5 Å². The molecule has 1 heterocycles. The molecule has 0 saturated carbocycles. The average molecular weight is 336 g/mol. The van der Waals surface area contributed by atoms with Crippen LogP contribution in [0.5, 0.6) is 0 Å². The third-order valence-electron chi connectivity index (χ3n) is 4.70. The zero-order valence-electron chi connectivity index (χ0n) is 14.8. The van der Waals surface area contributed by atoms with Crippen molar-refractivity contribution in [2.45, 2.75) is 26.7 Å². The van der Waals surface area contributed by atoms with Crippen LogP contribution >= 0.6 is 0 Å². The topological polar surface area (TPSA) is 49.4 Å². The molecular formula is C21H24N2O2. The Kier molecular flexibility index (Phi) is 5.17. The lowest BCUT2D eigenvalue weighted by atomic mass is 9.95. The summed E-state index contributed by atoms with van der Waals surface area (Å²) in [5, 5.41) is 2.99. The lowest BCUT2D eigenvalue weighted by Crippen LogP contribution is -2.41. The zero-order chi connectivity index (χ0) is 17.8. The molecule has 0 bridgehead atoms. The summed E-state index contributed by atoms with van der Waals surface area (Å²) in [5.74, 6) is 0.0663. The van der Waals surface area contributed by atoms with Gasteiger partial charge in [-0.05, 0) is 56.5 Å². The second kappa shape index (κ2) is 7.51. The van der Waals surface area contributed by atoms with Crippen LogP contribution < -0.4 is 5.32 Å². The van der Waals surface area contributed by atoms with Gasteiger partial charge >= 0.3 is 0 Å². The maximum absolute atomic E-state index is 12.6. The molecule has 0 unspecified atom stereocenters. The first-order chi connectivity index (χ1) is 12.0. The number of anilines is 1. The summed E-state index contributed by atoms with van der Waals surface area (Å²) in [6.07, 6.45) is 1.41. The van der Waals surface area contributed by atoms with Crippen molar-refractivity contribution in [1.82, 2.24) is 4.90 Å². The third kappa shape index (κ3) is 4.27. The quantitative estimate of drug-likeness (QED) is 0.927. The first kappa shape index (κ1) is 17.2. The molecule has 0 aromatic heterocycles.